The van der Waals surface area contributed by atoms with Crippen LogP contribution in [0.5, 0.6) is 0 Å². The van der Waals surface area contributed by atoms with Crippen LogP contribution >= 0.6 is 0 Å². The van der Waals surface area contributed by atoms with E-state index in [0.29, 0.717) is 38.2 Å². The first-order valence-corrected chi connectivity index (χ1v) is 8.56. The third-order valence-corrected chi connectivity index (χ3v) is 5.11. The molecule has 0 unspecified atom stereocenters. The molecule has 0 aromatic carbocycles. The van der Waals surface area contributed by atoms with Crippen molar-refractivity contribution in [2.75, 3.05) is 6.54 Å². The Kier molecular flexibility index (Phi) is 4.57. The SMILES string of the molecule is CC(C)c1nnc2n1CCN(C(=O)[C@H]1CCCC[C@H]1C(F)(F)F)C2. The smallest absolute Gasteiger partial charge is 0.333 e. The number of halogens is 3. The van der Waals surface area contributed by atoms with Crippen LogP contribution in [0.1, 0.15) is 57.1 Å². The van der Waals surface area contributed by atoms with Crippen molar-refractivity contribution in [3.05, 3.63) is 11.6 Å². The quantitative estimate of drug-likeness (QED) is 0.828. The Morgan fingerprint density at radius 1 is 1.17 bits per heavy atom. The number of fused-ring (bicyclic) bond motifs is 1. The number of carbonyl (C=O) groups excluding carboxylic acids is 1. The molecule has 2 atom stereocenters. The van der Waals surface area contributed by atoms with E-state index in [4.69, 9.17) is 0 Å². The van der Waals surface area contributed by atoms with Gasteiger partial charge in [0.05, 0.1) is 12.5 Å². The zero-order valence-electron chi connectivity index (χ0n) is 14.0. The summed E-state index contributed by atoms with van der Waals surface area (Å²) in [5, 5.41) is 8.27. The van der Waals surface area contributed by atoms with Crippen LogP contribution in [-0.2, 0) is 17.9 Å². The van der Waals surface area contributed by atoms with Crippen molar-refractivity contribution in [3.8, 4) is 0 Å². The van der Waals surface area contributed by atoms with E-state index in [1.807, 2.05) is 18.4 Å². The van der Waals surface area contributed by atoms with Gasteiger partial charge in [0.25, 0.3) is 0 Å². The van der Waals surface area contributed by atoms with Crippen molar-refractivity contribution < 1.29 is 18.0 Å². The third-order valence-electron chi connectivity index (χ3n) is 5.11. The van der Waals surface area contributed by atoms with Gasteiger partial charge in [-0.2, -0.15) is 13.2 Å². The van der Waals surface area contributed by atoms with Crippen molar-refractivity contribution in [3.63, 3.8) is 0 Å². The summed E-state index contributed by atoms with van der Waals surface area (Å²) in [6.07, 6.45) is -2.70. The van der Waals surface area contributed by atoms with Gasteiger partial charge in [-0.05, 0) is 12.8 Å². The Bertz CT molecular complexity index is 611. The minimum Gasteiger partial charge on any atom is -0.333 e. The predicted octanol–water partition coefficient (Wildman–Crippen LogP) is 3.11. The molecule has 0 radical (unpaired) electrons. The highest BCUT2D eigenvalue weighted by Crippen LogP contribution is 2.42. The van der Waals surface area contributed by atoms with E-state index in [1.54, 1.807) is 0 Å². The summed E-state index contributed by atoms with van der Waals surface area (Å²) in [5.74, 6) is -1.08. The van der Waals surface area contributed by atoms with E-state index in [-0.39, 0.29) is 24.8 Å². The number of aromatic nitrogens is 3. The van der Waals surface area contributed by atoms with Crippen LogP contribution in [0, 0.1) is 11.8 Å². The largest absolute Gasteiger partial charge is 0.392 e. The highest BCUT2D eigenvalue weighted by molar-refractivity contribution is 5.79. The minimum atomic E-state index is -4.30. The van der Waals surface area contributed by atoms with Gasteiger partial charge in [0, 0.05) is 24.9 Å². The summed E-state index contributed by atoms with van der Waals surface area (Å²) in [6.45, 7) is 5.25. The standard InChI is InChI=1S/C16H23F3N4O/c1-10(2)14-21-20-13-9-22(7-8-23(13)14)15(24)11-5-3-4-6-12(11)16(17,18)19/h10-12H,3-9H2,1-2H3/t11-,12+/m0/s1. The summed E-state index contributed by atoms with van der Waals surface area (Å²) in [5.41, 5.74) is 0. The summed E-state index contributed by atoms with van der Waals surface area (Å²) >= 11 is 0. The topological polar surface area (TPSA) is 51.0 Å². The van der Waals surface area contributed by atoms with Crippen LogP contribution in [0.25, 0.3) is 0 Å². The van der Waals surface area contributed by atoms with E-state index in [2.05, 4.69) is 10.2 Å². The molecule has 2 aliphatic rings. The lowest BCUT2D eigenvalue weighted by molar-refractivity contribution is -0.201. The summed E-state index contributed by atoms with van der Waals surface area (Å²) in [7, 11) is 0. The monoisotopic (exact) mass is 344 g/mol. The highest BCUT2D eigenvalue weighted by Gasteiger charge is 2.49. The molecular formula is C16H23F3N4O. The fourth-order valence-corrected chi connectivity index (χ4v) is 3.85. The summed E-state index contributed by atoms with van der Waals surface area (Å²) in [6, 6.07) is 0. The zero-order valence-corrected chi connectivity index (χ0v) is 14.0. The zero-order chi connectivity index (χ0) is 17.5. The van der Waals surface area contributed by atoms with Gasteiger partial charge >= 0.3 is 6.18 Å². The average molecular weight is 344 g/mol. The fraction of sp³-hybridized carbons (Fsp3) is 0.812. The van der Waals surface area contributed by atoms with Gasteiger partial charge in [-0.3, -0.25) is 4.79 Å². The van der Waals surface area contributed by atoms with Gasteiger partial charge < -0.3 is 9.47 Å². The van der Waals surface area contributed by atoms with E-state index < -0.39 is 18.0 Å². The second-order valence-corrected chi connectivity index (χ2v) is 7.08. The van der Waals surface area contributed by atoms with E-state index in [0.717, 1.165) is 5.82 Å². The molecule has 1 saturated carbocycles. The number of hydrogen-bond donors (Lipinski definition) is 0. The number of carbonyl (C=O) groups is 1. The molecule has 0 spiro atoms. The van der Waals surface area contributed by atoms with E-state index in [9.17, 15) is 18.0 Å². The molecule has 0 bridgehead atoms. The molecule has 134 valence electrons. The van der Waals surface area contributed by atoms with Crippen LogP contribution < -0.4 is 0 Å². The van der Waals surface area contributed by atoms with Crippen molar-refractivity contribution in [1.29, 1.82) is 0 Å². The lowest BCUT2D eigenvalue weighted by atomic mass is 9.78. The van der Waals surface area contributed by atoms with Crippen LogP contribution in [0.3, 0.4) is 0 Å². The Morgan fingerprint density at radius 2 is 1.88 bits per heavy atom. The molecule has 2 heterocycles. The third kappa shape index (κ3) is 3.15. The minimum absolute atomic E-state index is 0.0570. The first-order chi connectivity index (χ1) is 11.3. The maximum Gasteiger partial charge on any atom is 0.392 e. The van der Waals surface area contributed by atoms with E-state index in [1.165, 1.54) is 4.90 Å². The lowest BCUT2D eigenvalue weighted by Gasteiger charge is -2.37. The second kappa shape index (κ2) is 6.37. The molecule has 0 N–H and O–H groups in total. The number of nitrogens with zero attached hydrogens (tertiary/aromatic N) is 4. The molecule has 1 aliphatic carbocycles. The highest BCUT2D eigenvalue weighted by atomic mass is 19.4. The maximum atomic E-state index is 13.3. The first-order valence-electron chi connectivity index (χ1n) is 8.56. The Labute approximate surface area is 139 Å². The van der Waals surface area contributed by atoms with Gasteiger partial charge in [-0.15, -0.1) is 10.2 Å². The number of hydrogen-bond acceptors (Lipinski definition) is 3. The molecule has 1 aromatic rings. The van der Waals surface area contributed by atoms with Crippen LogP contribution in [0.15, 0.2) is 0 Å². The van der Waals surface area contributed by atoms with Crippen LogP contribution in [-0.4, -0.2) is 38.3 Å². The van der Waals surface area contributed by atoms with E-state index >= 15 is 0 Å². The normalized spacial score (nSPS) is 25.0. The molecule has 8 heteroatoms. The van der Waals surface area contributed by atoms with Gasteiger partial charge in [-0.1, -0.05) is 26.7 Å². The molecule has 0 saturated heterocycles. The van der Waals surface area contributed by atoms with Gasteiger partial charge in [0.2, 0.25) is 5.91 Å². The summed E-state index contributed by atoms with van der Waals surface area (Å²) < 4.78 is 41.7. The molecule has 1 aromatic heterocycles. The molecule has 5 nitrogen and oxygen atoms in total. The van der Waals surface area contributed by atoms with Crippen molar-refractivity contribution in [1.82, 2.24) is 19.7 Å². The first kappa shape index (κ1) is 17.2. The molecule has 1 aliphatic heterocycles. The lowest BCUT2D eigenvalue weighted by Crippen LogP contribution is -2.47. The number of rotatable bonds is 2. The van der Waals surface area contributed by atoms with Crippen molar-refractivity contribution >= 4 is 5.91 Å². The van der Waals surface area contributed by atoms with Gasteiger partial charge in [0.15, 0.2) is 5.82 Å². The molecule has 1 fully saturated rings. The Morgan fingerprint density at radius 3 is 2.54 bits per heavy atom. The fourth-order valence-electron chi connectivity index (χ4n) is 3.85. The maximum absolute atomic E-state index is 13.3. The van der Waals surface area contributed by atoms with Crippen molar-refractivity contribution in [2.45, 2.75) is 64.7 Å². The predicted molar refractivity (Wildman–Crippen MR) is 81.0 cm³/mol. The Hall–Kier alpha value is -1.60. The Balaban J connectivity index is 1.76. The van der Waals surface area contributed by atoms with Crippen LogP contribution in [0.2, 0.25) is 0 Å². The summed E-state index contributed by atoms with van der Waals surface area (Å²) in [4.78, 5) is 14.3. The number of alkyl halides is 3. The average Bonchev–Trinajstić information content (AvgIpc) is 2.96. The molecular weight excluding hydrogens is 321 g/mol. The molecule has 24 heavy (non-hydrogen) atoms. The van der Waals surface area contributed by atoms with Crippen LogP contribution in [0.4, 0.5) is 13.2 Å². The molecule has 3 rings (SSSR count). The molecule has 1 amide bonds. The second-order valence-electron chi connectivity index (χ2n) is 7.08. The van der Waals surface area contributed by atoms with Gasteiger partial charge in [-0.25, -0.2) is 0 Å². The van der Waals surface area contributed by atoms with Crippen molar-refractivity contribution in [2.24, 2.45) is 11.8 Å². The number of amides is 1. The van der Waals surface area contributed by atoms with Gasteiger partial charge in [0.1, 0.15) is 5.82 Å².